The van der Waals surface area contributed by atoms with E-state index in [1.165, 1.54) is 0 Å². The molecule has 2 aliphatic rings. The molecule has 5 nitrogen and oxygen atoms in total. The molecular formula is C23H27Cl2N3O2. The summed E-state index contributed by atoms with van der Waals surface area (Å²) in [5, 5.41) is 11.0. The Balaban J connectivity index is 1.62. The van der Waals surface area contributed by atoms with Gasteiger partial charge in [-0.05, 0) is 37.3 Å². The summed E-state index contributed by atoms with van der Waals surface area (Å²) in [6.45, 7) is 5.30. The number of aliphatic hydroxyl groups excluding tert-OH is 1. The van der Waals surface area contributed by atoms with Crippen LogP contribution in [0.15, 0.2) is 24.3 Å². The summed E-state index contributed by atoms with van der Waals surface area (Å²) in [7, 11) is 0. The first-order valence-corrected chi connectivity index (χ1v) is 11.1. The SMILES string of the molecule is Cc1nc(N2CCC3(CC2)CC(=O)[C@@H](C)[C@@H]3N)c(CO)cc1-c1cccc(Cl)c1Cl. The van der Waals surface area contributed by atoms with E-state index in [1.807, 2.05) is 32.0 Å². The second-order valence-electron chi connectivity index (χ2n) is 8.67. The van der Waals surface area contributed by atoms with Crippen LogP contribution in [-0.4, -0.2) is 35.0 Å². The molecule has 160 valence electrons. The normalized spacial score (nSPS) is 23.4. The molecular weight excluding hydrogens is 421 g/mol. The quantitative estimate of drug-likeness (QED) is 0.729. The summed E-state index contributed by atoms with van der Waals surface area (Å²) in [5.74, 6) is 1.01. The van der Waals surface area contributed by atoms with Crippen LogP contribution in [0.4, 0.5) is 5.82 Å². The van der Waals surface area contributed by atoms with E-state index in [0.29, 0.717) is 16.5 Å². The van der Waals surface area contributed by atoms with Crippen molar-refractivity contribution in [3.05, 3.63) is 45.6 Å². The minimum absolute atomic E-state index is 0.0633. The Morgan fingerprint density at radius 3 is 2.57 bits per heavy atom. The molecule has 1 aromatic heterocycles. The molecule has 1 saturated carbocycles. The third-order valence-corrected chi connectivity index (χ3v) is 7.84. The Morgan fingerprint density at radius 1 is 1.27 bits per heavy atom. The smallest absolute Gasteiger partial charge is 0.137 e. The summed E-state index contributed by atoms with van der Waals surface area (Å²) in [6.07, 6.45) is 2.30. The number of carbonyl (C=O) groups excluding carboxylic acids is 1. The Morgan fingerprint density at radius 2 is 1.97 bits per heavy atom. The summed E-state index contributed by atoms with van der Waals surface area (Å²) in [5.41, 5.74) is 9.58. The Hall–Kier alpha value is -1.66. The van der Waals surface area contributed by atoms with E-state index in [9.17, 15) is 9.90 Å². The molecule has 1 aliphatic carbocycles. The van der Waals surface area contributed by atoms with Crippen LogP contribution >= 0.6 is 23.2 Å². The topological polar surface area (TPSA) is 79.5 Å². The molecule has 0 bridgehead atoms. The van der Waals surface area contributed by atoms with Crippen molar-refractivity contribution in [1.29, 1.82) is 0 Å². The van der Waals surface area contributed by atoms with E-state index in [4.69, 9.17) is 33.9 Å². The molecule has 4 rings (SSSR count). The highest BCUT2D eigenvalue weighted by molar-refractivity contribution is 6.43. The first kappa shape index (κ1) is 21.6. The average molecular weight is 448 g/mol. The van der Waals surface area contributed by atoms with Gasteiger partial charge in [0, 0.05) is 53.9 Å². The third kappa shape index (κ3) is 3.52. The maximum Gasteiger partial charge on any atom is 0.137 e. The summed E-state index contributed by atoms with van der Waals surface area (Å²) in [4.78, 5) is 19.3. The number of halogens is 2. The van der Waals surface area contributed by atoms with Crippen LogP contribution in [0.2, 0.25) is 10.0 Å². The number of benzene rings is 1. The van der Waals surface area contributed by atoms with Crippen LogP contribution in [0.5, 0.6) is 0 Å². The molecule has 3 N–H and O–H groups in total. The van der Waals surface area contributed by atoms with E-state index >= 15 is 0 Å². The van der Waals surface area contributed by atoms with Crippen molar-refractivity contribution in [2.24, 2.45) is 17.1 Å². The molecule has 0 unspecified atom stereocenters. The van der Waals surface area contributed by atoms with E-state index in [0.717, 1.165) is 54.1 Å². The molecule has 0 radical (unpaired) electrons. The van der Waals surface area contributed by atoms with E-state index in [1.54, 1.807) is 6.07 Å². The minimum atomic E-state index is -0.121. The van der Waals surface area contributed by atoms with Crippen molar-refractivity contribution in [2.75, 3.05) is 18.0 Å². The molecule has 2 aromatic rings. The van der Waals surface area contributed by atoms with Crippen molar-refractivity contribution in [1.82, 2.24) is 4.98 Å². The van der Waals surface area contributed by atoms with Gasteiger partial charge in [-0.2, -0.15) is 0 Å². The van der Waals surface area contributed by atoms with Gasteiger partial charge in [-0.1, -0.05) is 42.3 Å². The predicted octanol–water partition coefficient (Wildman–Crippen LogP) is 4.38. The second-order valence-corrected chi connectivity index (χ2v) is 9.46. The number of pyridine rings is 1. The van der Waals surface area contributed by atoms with Gasteiger partial charge in [0.25, 0.3) is 0 Å². The maximum absolute atomic E-state index is 12.2. The van der Waals surface area contributed by atoms with Gasteiger partial charge in [0.1, 0.15) is 11.6 Å². The van der Waals surface area contributed by atoms with Gasteiger partial charge in [0.05, 0.1) is 16.7 Å². The molecule has 2 fully saturated rings. The van der Waals surface area contributed by atoms with E-state index in [2.05, 4.69) is 4.90 Å². The van der Waals surface area contributed by atoms with E-state index < -0.39 is 0 Å². The number of aliphatic hydroxyl groups is 1. The van der Waals surface area contributed by atoms with Gasteiger partial charge in [0.2, 0.25) is 0 Å². The molecule has 7 heteroatoms. The molecule has 2 heterocycles. The zero-order chi connectivity index (χ0) is 21.6. The molecule has 1 saturated heterocycles. The van der Waals surface area contributed by atoms with Crippen LogP contribution in [0.3, 0.4) is 0 Å². The molecule has 0 amide bonds. The van der Waals surface area contributed by atoms with Crippen molar-refractivity contribution < 1.29 is 9.90 Å². The Bertz CT molecular complexity index is 987. The Kier molecular flexibility index (Phi) is 5.84. The highest BCUT2D eigenvalue weighted by atomic mass is 35.5. The lowest BCUT2D eigenvalue weighted by Crippen LogP contribution is -2.48. The Labute approximate surface area is 187 Å². The number of nitrogens with two attached hydrogens (primary N) is 1. The lowest BCUT2D eigenvalue weighted by atomic mass is 9.73. The van der Waals surface area contributed by atoms with Crippen LogP contribution in [0.1, 0.15) is 37.4 Å². The molecule has 1 aromatic carbocycles. The fourth-order valence-electron chi connectivity index (χ4n) is 5.04. The second kappa shape index (κ2) is 8.12. The number of aromatic nitrogens is 1. The van der Waals surface area contributed by atoms with Gasteiger partial charge >= 0.3 is 0 Å². The highest BCUT2D eigenvalue weighted by Crippen LogP contribution is 2.47. The first-order chi connectivity index (χ1) is 14.3. The van der Waals surface area contributed by atoms with Crippen LogP contribution < -0.4 is 10.6 Å². The molecule has 2 atom stereocenters. The number of piperidine rings is 1. The first-order valence-electron chi connectivity index (χ1n) is 10.4. The fourth-order valence-corrected chi connectivity index (χ4v) is 5.44. The summed E-state index contributed by atoms with van der Waals surface area (Å²) < 4.78 is 0. The van der Waals surface area contributed by atoms with Gasteiger partial charge in [0.15, 0.2) is 0 Å². The number of aryl methyl sites for hydroxylation is 1. The van der Waals surface area contributed by atoms with Gasteiger partial charge < -0.3 is 15.7 Å². The monoisotopic (exact) mass is 447 g/mol. The van der Waals surface area contributed by atoms with Crippen molar-refractivity contribution in [3.63, 3.8) is 0 Å². The number of Topliss-reactive ketones (excluding diaryl/α,β-unsaturated/α-hetero) is 1. The number of nitrogens with zero attached hydrogens (tertiary/aromatic N) is 2. The van der Waals surface area contributed by atoms with Crippen molar-refractivity contribution in [2.45, 2.75) is 45.8 Å². The summed E-state index contributed by atoms with van der Waals surface area (Å²) >= 11 is 12.6. The lowest BCUT2D eigenvalue weighted by Gasteiger charge is -2.43. The van der Waals surface area contributed by atoms with Gasteiger partial charge in [-0.3, -0.25) is 4.79 Å². The predicted molar refractivity (Wildman–Crippen MR) is 121 cm³/mol. The average Bonchev–Trinajstić information content (AvgIpc) is 2.94. The summed E-state index contributed by atoms with van der Waals surface area (Å²) in [6, 6.07) is 7.38. The highest BCUT2D eigenvalue weighted by Gasteiger charge is 2.50. The number of carbonyl (C=O) groups is 1. The van der Waals surface area contributed by atoms with Crippen LogP contribution in [0, 0.1) is 18.3 Å². The third-order valence-electron chi connectivity index (χ3n) is 7.02. The molecule has 1 spiro atoms. The molecule has 1 aliphatic heterocycles. The number of hydrogen-bond donors (Lipinski definition) is 2. The standard InChI is InChI=1S/C23H27Cl2N3O2/c1-13-19(30)11-23(21(13)26)6-8-28(9-7-23)22-15(12-29)10-17(14(2)27-22)16-4-3-5-18(24)20(16)25/h3-5,10,13,21,29H,6-9,11-12,26H2,1-2H3/t13-,21+/m1/s1. The van der Waals surface area contributed by atoms with Crippen molar-refractivity contribution in [3.8, 4) is 11.1 Å². The van der Waals surface area contributed by atoms with Crippen LogP contribution in [-0.2, 0) is 11.4 Å². The van der Waals surface area contributed by atoms with E-state index in [-0.39, 0.29) is 29.8 Å². The van der Waals surface area contributed by atoms with Gasteiger partial charge in [-0.15, -0.1) is 0 Å². The zero-order valence-electron chi connectivity index (χ0n) is 17.3. The number of hydrogen-bond acceptors (Lipinski definition) is 5. The van der Waals surface area contributed by atoms with Crippen molar-refractivity contribution >= 4 is 34.8 Å². The van der Waals surface area contributed by atoms with Crippen LogP contribution in [0.25, 0.3) is 11.1 Å². The zero-order valence-corrected chi connectivity index (χ0v) is 18.8. The number of ketones is 1. The minimum Gasteiger partial charge on any atom is -0.392 e. The largest absolute Gasteiger partial charge is 0.392 e. The lowest BCUT2D eigenvalue weighted by molar-refractivity contribution is -0.120. The number of rotatable bonds is 3. The van der Waals surface area contributed by atoms with Gasteiger partial charge in [-0.25, -0.2) is 4.98 Å². The molecule has 30 heavy (non-hydrogen) atoms. The maximum atomic E-state index is 12.2. The number of anilines is 1. The fraction of sp³-hybridized carbons (Fsp3) is 0.478.